The summed E-state index contributed by atoms with van der Waals surface area (Å²) in [5.74, 6) is -1.51. The number of nitrogens with zero attached hydrogens (tertiary/aromatic N) is 2. The largest absolute Gasteiger partial charge is 0.479 e. The van der Waals surface area contributed by atoms with Crippen molar-refractivity contribution in [1.82, 2.24) is 5.32 Å². The fourth-order valence-electron chi connectivity index (χ4n) is 0.746. The van der Waals surface area contributed by atoms with Gasteiger partial charge in [0.1, 0.15) is 0 Å². The summed E-state index contributed by atoms with van der Waals surface area (Å²) in [6.45, 7) is 2.88. The molecule has 9 heteroatoms. The van der Waals surface area contributed by atoms with Gasteiger partial charge in [-0.3, -0.25) is 4.79 Å². The first-order valence-electron chi connectivity index (χ1n) is 5.45. The summed E-state index contributed by atoms with van der Waals surface area (Å²) in [5.41, 5.74) is 6.28. The van der Waals surface area contributed by atoms with Gasteiger partial charge in [-0.25, -0.2) is 4.79 Å². The molecule has 0 fully saturated rings. The third-order valence-corrected chi connectivity index (χ3v) is 1.66. The number of amides is 1. The van der Waals surface area contributed by atoms with Crippen LogP contribution in [0.4, 0.5) is 0 Å². The predicted molar refractivity (Wildman–Crippen MR) is 67.8 cm³/mol. The molecule has 1 amide bonds. The van der Waals surface area contributed by atoms with Gasteiger partial charge in [0, 0.05) is 6.54 Å². The Morgan fingerprint density at radius 2 is 1.74 bits per heavy atom. The molecule has 0 saturated heterocycles. The van der Waals surface area contributed by atoms with E-state index in [0.717, 1.165) is 0 Å². The highest BCUT2D eigenvalue weighted by Crippen LogP contribution is 1.83. The van der Waals surface area contributed by atoms with E-state index in [1.54, 1.807) is 13.8 Å². The number of oxime groups is 2. The molecule has 0 saturated carbocycles. The first-order valence-corrected chi connectivity index (χ1v) is 5.45. The molecule has 0 bridgehead atoms. The van der Waals surface area contributed by atoms with Crippen molar-refractivity contribution >= 4 is 23.3 Å². The maximum absolute atomic E-state index is 11.3. The van der Waals surface area contributed by atoms with Crippen LogP contribution in [0.3, 0.4) is 0 Å². The monoisotopic (exact) mass is 274 g/mol. The highest BCUT2D eigenvalue weighted by Gasteiger charge is 2.02. The van der Waals surface area contributed by atoms with Crippen LogP contribution in [0, 0.1) is 0 Å². The van der Waals surface area contributed by atoms with Gasteiger partial charge in [-0.2, -0.15) is 0 Å². The second-order valence-corrected chi connectivity index (χ2v) is 3.57. The highest BCUT2D eigenvalue weighted by atomic mass is 16.6. The molecule has 9 nitrogen and oxygen atoms in total. The molecule has 0 aromatic heterocycles. The number of nitrogens with one attached hydrogen (secondary N) is 1. The molecule has 0 aliphatic carbocycles. The first kappa shape index (κ1) is 16.8. The minimum absolute atomic E-state index is 0.126. The zero-order chi connectivity index (χ0) is 14.7. The Morgan fingerprint density at radius 3 is 2.32 bits per heavy atom. The Labute approximate surface area is 110 Å². The van der Waals surface area contributed by atoms with Gasteiger partial charge in [0.2, 0.25) is 6.61 Å². The summed E-state index contributed by atoms with van der Waals surface area (Å²) < 4.78 is 0. The van der Waals surface area contributed by atoms with Crippen LogP contribution in [0.5, 0.6) is 0 Å². The van der Waals surface area contributed by atoms with Crippen LogP contribution < -0.4 is 11.1 Å². The Morgan fingerprint density at radius 1 is 1.16 bits per heavy atom. The number of carboxylic acid groups (broad SMARTS) is 1. The second-order valence-electron chi connectivity index (χ2n) is 3.57. The topological polar surface area (TPSA) is 136 Å². The van der Waals surface area contributed by atoms with E-state index in [4.69, 9.17) is 15.7 Å². The van der Waals surface area contributed by atoms with Gasteiger partial charge < -0.3 is 25.8 Å². The number of hydrogen-bond acceptors (Lipinski definition) is 7. The lowest BCUT2D eigenvalue weighted by molar-refractivity contribution is -0.142. The lowest BCUT2D eigenvalue weighted by Gasteiger charge is -2.04. The van der Waals surface area contributed by atoms with E-state index in [1.165, 1.54) is 0 Å². The summed E-state index contributed by atoms with van der Waals surface area (Å²) >= 11 is 0. The fourth-order valence-corrected chi connectivity index (χ4v) is 0.746. The van der Waals surface area contributed by atoms with Crippen LogP contribution in [-0.2, 0) is 19.3 Å². The molecule has 19 heavy (non-hydrogen) atoms. The molecule has 0 heterocycles. The molecule has 0 unspecified atom stereocenters. The molecule has 0 atom stereocenters. The Balaban J connectivity index is 3.80. The number of aliphatic carboxylic acids is 1. The minimum atomic E-state index is -1.12. The predicted octanol–water partition coefficient (Wildman–Crippen LogP) is -1.07. The van der Waals surface area contributed by atoms with Gasteiger partial charge in [-0.15, -0.1) is 0 Å². The van der Waals surface area contributed by atoms with Crippen molar-refractivity contribution in [3.63, 3.8) is 0 Å². The molecule has 4 N–H and O–H groups in total. The van der Waals surface area contributed by atoms with Crippen molar-refractivity contribution < 1.29 is 24.4 Å². The number of carboxylic acids is 1. The van der Waals surface area contributed by atoms with E-state index >= 15 is 0 Å². The number of hydrogen-bond donors (Lipinski definition) is 3. The third kappa shape index (κ3) is 10.7. The van der Waals surface area contributed by atoms with E-state index in [2.05, 4.69) is 20.5 Å². The zero-order valence-electron chi connectivity index (χ0n) is 10.9. The van der Waals surface area contributed by atoms with Crippen LogP contribution in [-0.4, -0.2) is 54.7 Å². The standard InChI is InChI=1S/C10H18N4O5/c1-7(3-11)13-18-5-9(15)12-4-8(2)14-19-6-10(16)17/h3-6,11H2,1-2H3,(H,12,15)(H,16,17)/b13-7+,14-8+. The van der Waals surface area contributed by atoms with Crippen molar-refractivity contribution in [3.8, 4) is 0 Å². The summed E-state index contributed by atoms with van der Waals surface area (Å²) in [4.78, 5) is 30.6. The Hall–Kier alpha value is -2.16. The number of rotatable bonds is 9. The van der Waals surface area contributed by atoms with Gasteiger partial charge in [0.25, 0.3) is 5.91 Å². The van der Waals surface area contributed by atoms with Gasteiger partial charge in [-0.1, -0.05) is 10.3 Å². The molecular formula is C10H18N4O5. The van der Waals surface area contributed by atoms with Crippen LogP contribution in [0.15, 0.2) is 10.3 Å². The fraction of sp³-hybridized carbons (Fsp3) is 0.600. The summed E-state index contributed by atoms with van der Waals surface area (Å²) in [7, 11) is 0. The number of carbonyl (C=O) groups is 2. The van der Waals surface area contributed by atoms with Crippen LogP contribution in [0.1, 0.15) is 13.8 Å². The number of nitrogens with two attached hydrogens (primary N) is 1. The quantitative estimate of drug-likeness (QED) is 0.362. The van der Waals surface area contributed by atoms with Crippen molar-refractivity contribution in [3.05, 3.63) is 0 Å². The van der Waals surface area contributed by atoms with Crippen molar-refractivity contribution in [2.75, 3.05) is 26.3 Å². The van der Waals surface area contributed by atoms with Gasteiger partial charge in [-0.05, 0) is 13.8 Å². The molecule has 0 aromatic rings. The lowest BCUT2D eigenvalue weighted by atomic mass is 10.4. The van der Waals surface area contributed by atoms with Crippen LogP contribution in [0.2, 0.25) is 0 Å². The van der Waals surface area contributed by atoms with Gasteiger partial charge >= 0.3 is 5.97 Å². The van der Waals surface area contributed by atoms with Gasteiger partial charge in [0.15, 0.2) is 6.61 Å². The molecule has 0 radical (unpaired) electrons. The van der Waals surface area contributed by atoms with E-state index in [0.29, 0.717) is 11.4 Å². The minimum Gasteiger partial charge on any atom is -0.479 e. The van der Waals surface area contributed by atoms with E-state index in [1.807, 2.05) is 0 Å². The Kier molecular flexibility index (Phi) is 8.71. The van der Waals surface area contributed by atoms with Crippen molar-refractivity contribution in [2.45, 2.75) is 13.8 Å². The lowest BCUT2D eigenvalue weighted by Crippen LogP contribution is -2.31. The average molecular weight is 274 g/mol. The van der Waals surface area contributed by atoms with Crippen LogP contribution >= 0.6 is 0 Å². The van der Waals surface area contributed by atoms with E-state index < -0.39 is 12.6 Å². The molecular weight excluding hydrogens is 256 g/mol. The maximum atomic E-state index is 11.3. The zero-order valence-corrected chi connectivity index (χ0v) is 10.9. The summed E-state index contributed by atoms with van der Waals surface area (Å²) in [6.07, 6.45) is 0. The SMILES string of the molecule is C/C(CN)=N\OCC(=O)NC/C(C)=N/OCC(=O)O. The second kappa shape index (κ2) is 9.83. The molecule has 0 rings (SSSR count). The van der Waals surface area contributed by atoms with Gasteiger partial charge in [0.05, 0.1) is 18.0 Å². The van der Waals surface area contributed by atoms with Crippen molar-refractivity contribution in [2.24, 2.45) is 16.0 Å². The third-order valence-electron chi connectivity index (χ3n) is 1.66. The first-order chi connectivity index (χ1) is 8.95. The normalized spacial score (nSPS) is 11.9. The van der Waals surface area contributed by atoms with Crippen molar-refractivity contribution in [1.29, 1.82) is 0 Å². The smallest absolute Gasteiger partial charge is 0.344 e. The molecule has 0 aliphatic heterocycles. The summed E-state index contributed by atoms with van der Waals surface area (Å²) in [5, 5.41) is 17.9. The Bertz CT molecular complexity index is 367. The molecule has 0 aromatic carbocycles. The number of carbonyl (C=O) groups excluding carboxylic acids is 1. The molecule has 0 spiro atoms. The maximum Gasteiger partial charge on any atom is 0.344 e. The van der Waals surface area contributed by atoms with Crippen LogP contribution in [0.25, 0.3) is 0 Å². The average Bonchev–Trinajstić information content (AvgIpc) is 2.35. The molecule has 0 aliphatic rings. The summed E-state index contributed by atoms with van der Waals surface area (Å²) in [6, 6.07) is 0. The van der Waals surface area contributed by atoms with E-state index in [9.17, 15) is 9.59 Å². The molecule has 108 valence electrons. The van der Waals surface area contributed by atoms with E-state index in [-0.39, 0.29) is 25.6 Å². The highest BCUT2D eigenvalue weighted by molar-refractivity contribution is 5.88.